The minimum Gasteiger partial charge on any atom is -0.352 e. The molecular weight excluding hydrogens is 357 g/mol. The normalized spacial score (nSPS) is 10.6. The molecule has 0 spiro atoms. The molecule has 4 nitrogen and oxygen atoms in total. The summed E-state index contributed by atoms with van der Waals surface area (Å²) in [6.07, 6.45) is 5.71. The molecule has 0 aliphatic carbocycles. The lowest BCUT2D eigenvalue weighted by Gasteiger charge is -2.08. The van der Waals surface area contributed by atoms with Crippen molar-refractivity contribution in [2.75, 3.05) is 0 Å². The number of nitrogens with one attached hydrogen (secondary N) is 1. The van der Waals surface area contributed by atoms with Crippen molar-refractivity contribution in [1.29, 1.82) is 0 Å². The van der Waals surface area contributed by atoms with E-state index in [1.807, 2.05) is 22.9 Å². The Morgan fingerprint density at radius 1 is 1.08 bits per heavy atom. The number of imidazole rings is 1. The van der Waals surface area contributed by atoms with Gasteiger partial charge >= 0.3 is 0 Å². The lowest BCUT2D eigenvalue weighted by atomic mass is 10.1. The first-order valence-corrected chi connectivity index (χ1v) is 8.60. The van der Waals surface area contributed by atoms with Crippen molar-refractivity contribution in [3.8, 4) is 0 Å². The number of hydrogen-bond acceptors (Lipinski definition) is 2. The van der Waals surface area contributed by atoms with Crippen LogP contribution in [0.15, 0.2) is 61.2 Å². The van der Waals surface area contributed by atoms with E-state index in [1.54, 1.807) is 30.7 Å². The summed E-state index contributed by atoms with van der Waals surface area (Å²) in [5.74, 6) is -0.0771. The summed E-state index contributed by atoms with van der Waals surface area (Å²) < 4.78 is 2.01. The van der Waals surface area contributed by atoms with Gasteiger partial charge in [-0.2, -0.15) is 0 Å². The first-order valence-electron chi connectivity index (χ1n) is 7.84. The lowest BCUT2D eigenvalue weighted by Crippen LogP contribution is -2.24. The van der Waals surface area contributed by atoms with Gasteiger partial charge in [-0.05, 0) is 28.8 Å². The van der Waals surface area contributed by atoms with Crippen molar-refractivity contribution >= 4 is 29.1 Å². The van der Waals surface area contributed by atoms with Crippen LogP contribution in [0.5, 0.6) is 0 Å². The molecular formula is C19H17Cl2N3O. The number of nitrogens with zero attached hydrogens (tertiary/aromatic N) is 2. The van der Waals surface area contributed by atoms with Gasteiger partial charge in [0.1, 0.15) is 0 Å². The predicted octanol–water partition coefficient (Wildman–Crippen LogP) is 4.10. The van der Waals surface area contributed by atoms with Gasteiger partial charge in [0, 0.05) is 35.5 Å². The Morgan fingerprint density at radius 3 is 2.52 bits per heavy atom. The zero-order chi connectivity index (χ0) is 17.6. The summed E-state index contributed by atoms with van der Waals surface area (Å²) in [7, 11) is 0. The fourth-order valence-electron chi connectivity index (χ4n) is 2.45. The Hall–Kier alpha value is -2.30. The second-order valence-electron chi connectivity index (χ2n) is 5.74. The summed E-state index contributed by atoms with van der Waals surface area (Å²) in [6, 6.07) is 13.3. The largest absolute Gasteiger partial charge is 0.352 e. The van der Waals surface area contributed by atoms with Gasteiger partial charge in [0.2, 0.25) is 5.91 Å². The molecule has 1 amide bonds. The van der Waals surface area contributed by atoms with Crippen LogP contribution in [0.3, 0.4) is 0 Å². The van der Waals surface area contributed by atoms with Crippen LogP contribution in [0, 0.1) is 0 Å². The minimum absolute atomic E-state index is 0.0771. The van der Waals surface area contributed by atoms with Gasteiger partial charge in [0.15, 0.2) is 0 Å². The van der Waals surface area contributed by atoms with E-state index in [0.717, 1.165) is 17.7 Å². The summed E-state index contributed by atoms with van der Waals surface area (Å²) in [4.78, 5) is 16.1. The third-order valence-corrected chi connectivity index (χ3v) is 4.39. The van der Waals surface area contributed by atoms with Gasteiger partial charge in [0.05, 0.1) is 12.7 Å². The molecule has 2 aromatic carbocycles. The third kappa shape index (κ3) is 5.08. The highest BCUT2D eigenvalue weighted by Gasteiger charge is 2.07. The standard InChI is InChI=1S/C19H17Cl2N3O/c20-17-6-5-16(18(21)10-17)9-19(25)23-11-14-1-3-15(4-2-14)12-24-8-7-22-13-24/h1-8,10,13H,9,11-12H2,(H,23,25). The van der Waals surface area contributed by atoms with Gasteiger partial charge in [-0.25, -0.2) is 4.98 Å². The van der Waals surface area contributed by atoms with E-state index < -0.39 is 0 Å². The van der Waals surface area contributed by atoms with Crippen LogP contribution in [0.2, 0.25) is 10.0 Å². The molecule has 0 atom stereocenters. The van der Waals surface area contributed by atoms with Crippen LogP contribution < -0.4 is 5.32 Å². The molecule has 0 saturated heterocycles. The maximum absolute atomic E-state index is 12.1. The maximum Gasteiger partial charge on any atom is 0.224 e. The van der Waals surface area contributed by atoms with Gasteiger partial charge < -0.3 is 9.88 Å². The van der Waals surface area contributed by atoms with E-state index in [-0.39, 0.29) is 12.3 Å². The quantitative estimate of drug-likeness (QED) is 0.706. The number of amides is 1. The fourth-order valence-corrected chi connectivity index (χ4v) is 2.93. The summed E-state index contributed by atoms with van der Waals surface area (Å²) in [6.45, 7) is 1.26. The van der Waals surface area contributed by atoms with Crippen LogP contribution in [-0.2, 0) is 24.3 Å². The second kappa shape index (κ2) is 8.19. The molecule has 3 aromatic rings. The van der Waals surface area contributed by atoms with E-state index in [1.165, 1.54) is 5.56 Å². The SMILES string of the molecule is O=C(Cc1ccc(Cl)cc1Cl)NCc1ccc(Cn2ccnc2)cc1. The molecule has 128 valence electrons. The predicted molar refractivity (Wildman–Crippen MR) is 99.8 cm³/mol. The van der Waals surface area contributed by atoms with Crippen LogP contribution in [-0.4, -0.2) is 15.5 Å². The summed E-state index contributed by atoms with van der Waals surface area (Å²) in [5, 5.41) is 3.97. The topological polar surface area (TPSA) is 46.9 Å². The van der Waals surface area contributed by atoms with E-state index in [2.05, 4.69) is 22.4 Å². The van der Waals surface area contributed by atoms with Gasteiger partial charge in [-0.15, -0.1) is 0 Å². The molecule has 1 aromatic heterocycles. The highest BCUT2D eigenvalue weighted by molar-refractivity contribution is 6.35. The molecule has 3 rings (SSSR count). The van der Waals surface area contributed by atoms with Crippen molar-refractivity contribution in [2.45, 2.75) is 19.5 Å². The maximum atomic E-state index is 12.1. The first-order chi connectivity index (χ1) is 12.1. The molecule has 0 saturated carbocycles. The van der Waals surface area contributed by atoms with E-state index in [9.17, 15) is 4.79 Å². The Labute approximate surface area is 156 Å². The molecule has 0 fully saturated rings. The molecule has 0 unspecified atom stereocenters. The zero-order valence-electron chi connectivity index (χ0n) is 13.5. The average molecular weight is 374 g/mol. The first kappa shape index (κ1) is 17.5. The van der Waals surface area contributed by atoms with Gasteiger partial charge in [-0.1, -0.05) is 53.5 Å². The van der Waals surface area contributed by atoms with Crippen molar-refractivity contribution < 1.29 is 4.79 Å². The van der Waals surface area contributed by atoms with Gasteiger partial charge in [0.25, 0.3) is 0 Å². The number of carbonyl (C=O) groups excluding carboxylic acids is 1. The molecule has 0 radical (unpaired) electrons. The molecule has 1 heterocycles. The van der Waals surface area contributed by atoms with Crippen molar-refractivity contribution in [1.82, 2.24) is 14.9 Å². The second-order valence-corrected chi connectivity index (χ2v) is 6.58. The Balaban J connectivity index is 1.51. The van der Waals surface area contributed by atoms with Crippen molar-refractivity contribution in [3.63, 3.8) is 0 Å². The molecule has 25 heavy (non-hydrogen) atoms. The summed E-state index contributed by atoms with van der Waals surface area (Å²) >= 11 is 12.0. The number of carbonyl (C=O) groups is 1. The fraction of sp³-hybridized carbons (Fsp3) is 0.158. The van der Waals surface area contributed by atoms with Crippen molar-refractivity contribution in [3.05, 3.63) is 87.9 Å². The monoisotopic (exact) mass is 373 g/mol. The number of rotatable bonds is 6. The Morgan fingerprint density at radius 2 is 1.84 bits per heavy atom. The van der Waals surface area contributed by atoms with E-state index in [0.29, 0.717) is 16.6 Å². The van der Waals surface area contributed by atoms with Crippen LogP contribution >= 0.6 is 23.2 Å². The smallest absolute Gasteiger partial charge is 0.224 e. The molecule has 0 bridgehead atoms. The molecule has 0 aliphatic rings. The molecule has 0 aliphatic heterocycles. The summed E-state index contributed by atoms with van der Waals surface area (Å²) in [5.41, 5.74) is 2.99. The highest BCUT2D eigenvalue weighted by Crippen LogP contribution is 2.21. The van der Waals surface area contributed by atoms with Crippen LogP contribution in [0.4, 0.5) is 0 Å². The minimum atomic E-state index is -0.0771. The Bertz CT molecular complexity index is 846. The number of hydrogen-bond donors (Lipinski definition) is 1. The number of halogens is 2. The van der Waals surface area contributed by atoms with E-state index >= 15 is 0 Å². The highest BCUT2D eigenvalue weighted by atomic mass is 35.5. The third-order valence-electron chi connectivity index (χ3n) is 3.80. The Kier molecular flexibility index (Phi) is 5.74. The van der Waals surface area contributed by atoms with E-state index in [4.69, 9.17) is 23.2 Å². The molecule has 1 N–H and O–H groups in total. The number of aromatic nitrogens is 2. The molecule has 6 heteroatoms. The van der Waals surface area contributed by atoms with Crippen LogP contribution in [0.1, 0.15) is 16.7 Å². The average Bonchev–Trinajstić information content (AvgIpc) is 3.10. The van der Waals surface area contributed by atoms with Gasteiger partial charge in [-0.3, -0.25) is 4.79 Å². The van der Waals surface area contributed by atoms with Crippen molar-refractivity contribution in [2.24, 2.45) is 0 Å². The lowest BCUT2D eigenvalue weighted by molar-refractivity contribution is -0.120. The van der Waals surface area contributed by atoms with Crippen LogP contribution in [0.25, 0.3) is 0 Å². The zero-order valence-corrected chi connectivity index (χ0v) is 15.0. The number of benzene rings is 2.